The van der Waals surface area contributed by atoms with Gasteiger partial charge in [0.2, 0.25) is 5.90 Å². The first-order valence-corrected chi connectivity index (χ1v) is 4.77. The van der Waals surface area contributed by atoms with Crippen molar-refractivity contribution in [3.8, 4) is 0 Å². The van der Waals surface area contributed by atoms with Crippen molar-refractivity contribution in [1.82, 2.24) is 5.32 Å². The molecule has 0 radical (unpaired) electrons. The van der Waals surface area contributed by atoms with E-state index < -0.39 is 0 Å². The van der Waals surface area contributed by atoms with E-state index in [1.807, 2.05) is 0 Å². The monoisotopic (exact) mass is 194 g/mol. The molecule has 0 aromatic heterocycles. The molecule has 2 aliphatic rings. The van der Waals surface area contributed by atoms with E-state index in [9.17, 15) is 0 Å². The van der Waals surface area contributed by atoms with Gasteiger partial charge in [-0.3, -0.25) is 0 Å². The van der Waals surface area contributed by atoms with E-state index in [4.69, 9.17) is 4.74 Å². The summed E-state index contributed by atoms with van der Waals surface area (Å²) in [6.07, 6.45) is 3.09. The molecule has 76 valence electrons. The van der Waals surface area contributed by atoms with Gasteiger partial charge < -0.3 is 10.1 Å². The van der Waals surface area contributed by atoms with E-state index in [0.717, 1.165) is 0 Å². The van der Waals surface area contributed by atoms with Crippen LogP contribution in [-0.4, -0.2) is 37.4 Å². The first-order valence-electron chi connectivity index (χ1n) is 4.77. The van der Waals surface area contributed by atoms with Crippen molar-refractivity contribution >= 4 is 18.6 Å². The van der Waals surface area contributed by atoms with Gasteiger partial charge in [0.25, 0.3) is 0 Å². The van der Waals surface area contributed by atoms with Crippen molar-refractivity contribution in [2.75, 3.05) is 6.61 Å². The van der Waals surface area contributed by atoms with Gasteiger partial charge in [-0.15, -0.1) is 0 Å². The largest absolute Gasteiger partial charge is 0.479 e. The average molecular weight is 194 g/mol. The third kappa shape index (κ3) is 1.76. The van der Waals surface area contributed by atoms with Gasteiger partial charge >= 0.3 is 0 Å². The van der Waals surface area contributed by atoms with Crippen LogP contribution in [0.2, 0.25) is 0 Å². The van der Waals surface area contributed by atoms with Crippen LogP contribution < -0.4 is 5.32 Å². The molecule has 2 atom stereocenters. The fraction of sp³-hybridized carbons (Fsp3) is 0.667. The molecule has 5 nitrogen and oxygen atoms in total. The van der Waals surface area contributed by atoms with Gasteiger partial charge in [-0.1, -0.05) is 13.8 Å². The standard InChI is InChI=1S/C9H14N4O/c1-6(2)3-14-9-7-8(11-4-10-7)12-5-13-9/h4-8H,3H2,1-2H3,(H,10,11). The molecule has 2 unspecified atom stereocenters. The maximum absolute atomic E-state index is 5.57. The molecule has 2 rings (SSSR count). The van der Waals surface area contributed by atoms with Crippen LogP contribution in [0, 0.1) is 5.92 Å². The molecule has 0 bridgehead atoms. The summed E-state index contributed by atoms with van der Waals surface area (Å²) in [5.41, 5.74) is 0. The van der Waals surface area contributed by atoms with Crippen LogP contribution in [0.4, 0.5) is 0 Å². The third-order valence-electron chi connectivity index (χ3n) is 2.01. The molecule has 0 spiro atoms. The number of nitrogens with one attached hydrogen (secondary N) is 1. The van der Waals surface area contributed by atoms with Crippen LogP contribution in [0.3, 0.4) is 0 Å². The van der Waals surface area contributed by atoms with Crippen LogP contribution in [0.25, 0.3) is 0 Å². The lowest BCUT2D eigenvalue weighted by Crippen LogP contribution is -2.42. The molecule has 0 fully saturated rings. The van der Waals surface area contributed by atoms with Gasteiger partial charge in [-0.2, -0.15) is 0 Å². The van der Waals surface area contributed by atoms with Crippen molar-refractivity contribution in [1.29, 1.82) is 0 Å². The number of aliphatic imine (C=N–C) groups is 3. The highest BCUT2D eigenvalue weighted by atomic mass is 16.5. The van der Waals surface area contributed by atoms with E-state index in [0.29, 0.717) is 18.4 Å². The predicted octanol–water partition coefficient (Wildman–Crippen LogP) is 0.426. The molecular formula is C9H14N4O. The zero-order valence-corrected chi connectivity index (χ0v) is 8.34. The van der Waals surface area contributed by atoms with Gasteiger partial charge in [-0.05, 0) is 5.92 Å². The number of hydrogen-bond acceptors (Lipinski definition) is 5. The van der Waals surface area contributed by atoms with Crippen LogP contribution in [-0.2, 0) is 4.74 Å². The number of nitrogens with zero attached hydrogens (tertiary/aromatic N) is 3. The van der Waals surface area contributed by atoms with Gasteiger partial charge in [0.1, 0.15) is 12.4 Å². The fourth-order valence-corrected chi connectivity index (χ4v) is 1.31. The molecule has 1 N–H and O–H groups in total. The van der Waals surface area contributed by atoms with Gasteiger partial charge in [0.05, 0.1) is 12.9 Å². The van der Waals surface area contributed by atoms with Crippen LogP contribution in [0.5, 0.6) is 0 Å². The van der Waals surface area contributed by atoms with Gasteiger partial charge in [-0.25, -0.2) is 15.0 Å². The summed E-state index contributed by atoms with van der Waals surface area (Å²) in [6, 6.07) is -0.00116. The van der Waals surface area contributed by atoms with Gasteiger partial charge in [0, 0.05) is 0 Å². The summed E-state index contributed by atoms with van der Waals surface area (Å²) >= 11 is 0. The molecule has 0 aromatic rings. The van der Waals surface area contributed by atoms with Crippen LogP contribution >= 0.6 is 0 Å². The molecule has 5 heteroatoms. The molecule has 0 saturated heterocycles. The Balaban J connectivity index is 1.97. The van der Waals surface area contributed by atoms with Gasteiger partial charge in [0.15, 0.2) is 6.17 Å². The lowest BCUT2D eigenvalue weighted by molar-refractivity contribution is 0.243. The van der Waals surface area contributed by atoms with E-state index >= 15 is 0 Å². The Morgan fingerprint density at radius 3 is 3.14 bits per heavy atom. The van der Waals surface area contributed by atoms with Crippen molar-refractivity contribution in [2.45, 2.75) is 26.1 Å². The predicted molar refractivity (Wildman–Crippen MR) is 55.9 cm³/mol. The number of rotatable bonds is 2. The highest BCUT2D eigenvalue weighted by Crippen LogP contribution is 2.12. The molecule has 0 saturated carbocycles. The fourth-order valence-electron chi connectivity index (χ4n) is 1.31. The second kappa shape index (κ2) is 3.77. The number of hydrogen-bond donors (Lipinski definition) is 1. The molecule has 0 aromatic carbocycles. The lowest BCUT2D eigenvalue weighted by Gasteiger charge is -2.20. The Bertz CT molecular complexity index is 295. The number of ether oxygens (including phenoxy) is 1. The minimum Gasteiger partial charge on any atom is -0.479 e. The molecule has 14 heavy (non-hydrogen) atoms. The highest BCUT2D eigenvalue weighted by Gasteiger charge is 2.31. The van der Waals surface area contributed by atoms with Crippen LogP contribution in [0.1, 0.15) is 13.8 Å². The summed E-state index contributed by atoms with van der Waals surface area (Å²) in [5, 5.41) is 3.07. The normalized spacial score (nSPS) is 28.6. The Hall–Kier alpha value is -1.39. The Morgan fingerprint density at radius 2 is 2.36 bits per heavy atom. The molecule has 0 amide bonds. The molecule has 0 aliphatic carbocycles. The number of fused-ring (bicyclic) bond motifs is 1. The summed E-state index contributed by atoms with van der Waals surface area (Å²) < 4.78 is 5.57. The third-order valence-corrected chi connectivity index (χ3v) is 2.01. The van der Waals surface area contributed by atoms with Crippen molar-refractivity contribution < 1.29 is 4.74 Å². The summed E-state index contributed by atoms with van der Waals surface area (Å²) in [4.78, 5) is 12.4. The van der Waals surface area contributed by atoms with E-state index in [1.54, 1.807) is 6.34 Å². The SMILES string of the molecule is CC(C)COC1=NC=NC2N=CNC12. The summed E-state index contributed by atoms with van der Waals surface area (Å²) in [5.74, 6) is 1.19. The zero-order chi connectivity index (χ0) is 9.97. The maximum atomic E-state index is 5.57. The quantitative estimate of drug-likeness (QED) is 0.692. The molecule has 2 heterocycles. The molecular weight excluding hydrogens is 180 g/mol. The second-order valence-electron chi connectivity index (χ2n) is 3.77. The second-order valence-corrected chi connectivity index (χ2v) is 3.77. The Morgan fingerprint density at radius 1 is 1.50 bits per heavy atom. The van der Waals surface area contributed by atoms with E-state index in [-0.39, 0.29) is 12.2 Å². The summed E-state index contributed by atoms with van der Waals surface area (Å²) in [6.45, 7) is 4.89. The Labute approximate surface area is 83.0 Å². The van der Waals surface area contributed by atoms with Crippen molar-refractivity contribution in [3.05, 3.63) is 0 Å². The maximum Gasteiger partial charge on any atom is 0.216 e. The zero-order valence-electron chi connectivity index (χ0n) is 8.34. The molecule has 2 aliphatic heterocycles. The Kier molecular flexibility index (Phi) is 2.47. The van der Waals surface area contributed by atoms with E-state index in [2.05, 4.69) is 34.1 Å². The first kappa shape index (κ1) is 9.18. The first-order chi connectivity index (χ1) is 6.77. The lowest BCUT2D eigenvalue weighted by atomic mass is 10.2. The average Bonchev–Trinajstić information content (AvgIpc) is 2.62. The summed E-state index contributed by atoms with van der Waals surface area (Å²) in [7, 11) is 0. The van der Waals surface area contributed by atoms with E-state index in [1.165, 1.54) is 6.34 Å². The minimum atomic E-state index is -0.0883. The topological polar surface area (TPSA) is 58.3 Å². The van der Waals surface area contributed by atoms with Crippen molar-refractivity contribution in [2.24, 2.45) is 20.9 Å². The smallest absolute Gasteiger partial charge is 0.216 e. The highest BCUT2D eigenvalue weighted by molar-refractivity contribution is 5.93. The van der Waals surface area contributed by atoms with Crippen molar-refractivity contribution in [3.63, 3.8) is 0 Å². The minimum absolute atomic E-state index is 0.00116. The van der Waals surface area contributed by atoms with Crippen LogP contribution in [0.15, 0.2) is 15.0 Å².